The number of nitrogens with one attached hydrogen (secondary N) is 1. The maximum absolute atomic E-state index is 11.2. The van der Waals surface area contributed by atoms with Crippen molar-refractivity contribution in [3.05, 3.63) is 0 Å². The number of hydrogen-bond acceptors (Lipinski definition) is 3. The second-order valence-electron chi connectivity index (χ2n) is 3.82. The standard InChI is InChI=1S/C10H19NO3/c1-3-13-7-9(12)11-8-10(2)5-4-6-14-10/h3-8H2,1-2H3,(H,11,12). The monoisotopic (exact) mass is 201 g/mol. The van der Waals surface area contributed by atoms with Gasteiger partial charge < -0.3 is 14.8 Å². The summed E-state index contributed by atoms with van der Waals surface area (Å²) >= 11 is 0. The molecule has 1 amide bonds. The molecule has 82 valence electrons. The third kappa shape index (κ3) is 3.64. The normalized spacial score (nSPS) is 26.4. The fourth-order valence-electron chi connectivity index (χ4n) is 1.51. The first kappa shape index (κ1) is 11.5. The number of rotatable bonds is 5. The molecule has 1 heterocycles. The lowest BCUT2D eigenvalue weighted by atomic mass is 10.0. The fourth-order valence-corrected chi connectivity index (χ4v) is 1.51. The summed E-state index contributed by atoms with van der Waals surface area (Å²) in [7, 11) is 0. The van der Waals surface area contributed by atoms with Gasteiger partial charge in [0.15, 0.2) is 0 Å². The molecule has 0 aromatic heterocycles. The average molecular weight is 201 g/mol. The molecule has 1 aliphatic rings. The molecule has 1 atom stereocenters. The minimum Gasteiger partial charge on any atom is -0.373 e. The zero-order valence-corrected chi connectivity index (χ0v) is 8.97. The molecule has 0 aliphatic carbocycles. The Hall–Kier alpha value is -0.610. The van der Waals surface area contributed by atoms with Crippen molar-refractivity contribution in [2.45, 2.75) is 32.3 Å². The summed E-state index contributed by atoms with van der Waals surface area (Å²) in [6, 6.07) is 0. The molecule has 4 heteroatoms. The molecule has 14 heavy (non-hydrogen) atoms. The number of carbonyl (C=O) groups is 1. The zero-order valence-electron chi connectivity index (χ0n) is 8.97. The van der Waals surface area contributed by atoms with Crippen molar-refractivity contribution in [3.8, 4) is 0 Å². The molecule has 1 rings (SSSR count). The van der Waals surface area contributed by atoms with Crippen LogP contribution in [0.1, 0.15) is 26.7 Å². The summed E-state index contributed by atoms with van der Waals surface area (Å²) in [5, 5.41) is 2.81. The highest BCUT2D eigenvalue weighted by molar-refractivity contribution is 5.77. The molecule has 0 bridgehead atoms. The highest BCUT2D eigenvalue weighted by Gasteiger charge is 2.29. The van der Waals surface area contributed by atoms with Gasteiger partial charge in [-0.05, 0) is 26.7 Å². The molecular weight excluding hydrogens is 182 g/mol. The van der Waals surface area contributed by atoms with Crippen molar-refractivity contribution in [1.82, 2.24) is 5.32 Å². The summed E-state index contributed by atoms with van der Waals surface area (Å²) in [4.78, 5) is 11.2. The van der Waals surface area contributed by atoms with Crippen molar-refractivity contribution in [2.24, 2.45) is 0 Å². The van der Waals surface area contributed by atoms with Crippen LogP contribution in [0.4, 0.5) is 0 Å². The van der Waals surface area contributed by atoms with Gasteiger partial charge in [-0.25, -0.2) is 0 Å². The Morgan fingerprint density at radius 3 is 3.00 bits per heavy atom. The van der Waals surface area contributed by atoms with Crippen LogP contribution < -0.4 is 5.32 Å². The van der Waals surface area contributed by atoms with Gasteiger partial charge in [-0.2, -0.15) is 0 Å². The topological polar surface area (TPSA) is 47.6 Å². The highest BCUT2D eigenvalue weighted by Crippen LogP contribution is 2.23. The van der Waals surface area contributed by atoms with Crippen molar-refractivity contribution in [2.75, 3.05) is 26.4 Å². The smallest absolute Gasteiger partial charge is 0.246 e. The SMILES string of the molecule is CCOCC(=O)NCC1(C)CCCO1. The van der Waals surface area contributed by atoms with Crippen LogP contribution in [0.3, 0.4) is 0 Å². The predicted octanol–water partition coefficient (Wildman–Crippen LogP) is 0.708. The van der Waals surface area contributed by atoms with Crippen molar-refractivity contribution in [3.63, 3.8) is 0 Å². The van der Waals surface area contributed by atoms with Gasteiger partial charge in [0, 0.05) is 19.8 Å². The molecular formula is C10H19NO3. The van der Waals surface area contributed by atoms with Gasteiger partial charge in [0.1, 0.15) is 6.61 Å². The molecule has 0 aromatic rings. The number of carbonyl (C=O) groups excluding carboxylic acids is 1. The van der Waals surface area contributed by atoms with Gasteiger partial charge in [-0.3, -0.25) is 4.79 Å². The molecule has 1 fully saturated rings. The van der Waals surface area contributed by atoms with Crippen LogP contribution in [0.25, 0.3) is 0 Å². The minimum absolute atomic E-state index is 0.0661. The second kappa shape index (κ2) is 5.32. The van der Waals surface area contributed by atoms with Crippen molar-refractivity contribution < 1.29 is 14.3 Å². The summed E-state index contributed by atoms with van der Waals surface area (Å²) < 4.78 is 10.5. The van der Waals surface area contributed by atoms with E-state index in [4.69, 9.17) is 9.47 Å². The lowest BCUT2D eigenvalue weighted by molar-refractivity contribution is -0.126. The van der Waals surface area contributed by atoms with Crippen LogP contribution in [0.2, 0.25) is 0 Å². The zero-order chi connectivity index (χ0) is 10.4. The first-order valence-electron chi connectivity index (χ1n) is 5.15. The Labute approximate surface area is 85.0 Å². The van der Waals surface area contributed by atoms with Crippen LogP contribution in [-0.4, -0.2) is 37.9 Å². The maximum Gasteiger partial charge on any atom is 0.246 e. The molecule has 1 unspecified atom stereocenters. The Morgan fingerprint density at radius 1 is 1.64 bits per heavy atom. The van der Waals surface area contributed by atoms with Gasteiger partial charge in [0.2, 0.25) is 5.91 Å². The van der Waals surface area contributed by atoms with Gasteiger partial charge in [0.25, 0.3) is 0 Å². The quantitative estimate of drug-likeness (QED) is 0.712. The van der Waals surface area contributed by atoms with Gasteiger partial charge in [-0.15, -0.1) is 0 Å². The van der Waals surface area contributed by atoms with E-state index in [2.05, 4.69) is 5.32 Å². The van der Waals surface area contributed by atoms with E-state index < -0.39 is 0 Å². The maximum atomic E-state index is 11.2. The summed E-state index contributed by atoms with van der Waals surface area (Å²) in [6.45, 7) is 6.00. The largest absolute Gasteiger partial charge is 0.373 e. The lowest BCUT2D eigenvalue weighted by Gasteiger charge is -2.23. The Kier molecular flexibility index (Phi) is 4.35. The van der Waals surface area contributed by atoms with Crippen LogP contribution in [0.5, 0.6) is 0 Å². The second-order valence-corrected chi connectivity index (χ2v) is 3.82. The van der Waals surface area contributed by atoms with E-state index in [9.17, 15) is 4.79 Å². The Bertz CT molecular complexity index is 188. The average Bonchev–Trinajstić information content (AvgIpc) is 2.60. The minimum atomic E-state index is -0.165. The van der Waals surface area contributed by atoms with E-state index in [1.165, 1.54) is 0 Å². The molecule has 1 aliphatic heterocycles. The van der Waals surface area contributed by atoms with Crippen LogP contribution >= 0.6 is 0 Å². The lowest BCUT2D eigenvalue weighted by Crippen LogP contribution is -2.41. The van der Waals surface area contributed by atoms with Gasteiger partial charge >= 0.3 is 0 Å². The summed E-state index contributed by atoms with van der Waals surface area (Å²) in [5.74, 6) is -0.0661. The van der Waals surface area contributed by atoms with Gasteiger partial charge in [0.05, 0.1) is 5.60 Å². The third-order valence-corrected chi connectivity index (χ3v) is 2.40. The molecule has 0 radical (unpaired) electrons. The fraction of sp³-hybridized carbons (Fsp3) is 0.900. The van der Waals surface area contributed by atoms with E-state index in [1.807, 2.05) is 13.8 Å². The third-order valence-electron chi connectivity index (χ3n) is 2.40. The number of hydrogen-bond donors (Lipinski definition) is 1. The van der Waals surface area contributed by atoms with Crippen molar-refractivity contribution >= 4 is 5.91 Å². The van der Waals surface area contributed by atoms with E-state index in [1.54, 1.807) is 0 Å². The summed E-state index contributed by atoms with van der Waals surface area (Å²) in [6.07, 6.45) is 2.10. The molecule has 1 N–H and O–H groups in total. The first-order valence-corrected chi connectivity index (χ1v) is 5.15. The van der Waals surface area contributed by atoms with E-state index >= 15 is 0 Å². The van der Waals surface area contributed by atoms with Crippen LogP contribution in [0.15, 0.2) is 0 Å². The molecule has 4 nitrogen and oxygen atoms in total. The predicted molar refractivity (Wildman–Crippen MR) is 53.1 cm³/mol. The number of amides is 1. The molecule has 0 aromatic carbocycles. The Morgan fingerprint density at radius 2 is 2.43 bits per heavy atom. The number of ether oxygens (including phenoxy) is 2. The molecule has 0 spiro atoms. The van der Waals surface area contributed by atoms with Crippen LogP contribution in [0, 0.1) is 0 Å². The van der Waals surface area contributed by atoms with E-state index in [0.717, 1.165) is 19.4 Å². The molecule has 1 saturated heterocycles. The van der Waals surface area contributed by atoms with Crippen LogP contribution in [-0.2, 0) is 14.3 Å². The van der Waals surface area contributed by atoms with E-state index in [-0.39, 0.29) is 18.1 Å². The van der Waals surface area contributed by atoms with Gasteiger partial charge in [-0.1, -0.05) is 0 Å². The van der Waals surface area contributed by atoms with E-state index in [0.29, 0.717) is 13.2 Å². The summed E-state index contributed by atoms with van der Waals surface area (Å²) in [5.41, 5.74) is -0.165. The first-order chi connectivity index (χ1) is 6.66. The van der Waals surface area contributed by atoms with Crippen molar-refractivity contribution in [1.29, 1.82) is 0 Å². The highest BCUT2D eigenvalue weighted by atomic mass is 16.5. The Balaban J connectivity index is 2.15. The molecule has 0 saturated carbocycles.